The molecule has 0 unspecified atom stereocenters. The van der Waals surface area contributed by atoms with Crippen LogP contribution in [0.1, 0.15) is 34.6 Å². The van der Waals surface area contributed by atoms with E-state index in [1.54, 1.807) is 15.6 Å². The van der Waals surface area contributed by atoms with E-state index in [0.29, 0.717) is 31.5 Å². The Balaban J connectivity index is 1.84. The number of aryl methyl sites for hydroxylation is 2. The van der Waals surface area contributed by atoms with E-state index in [9.17, 15) is 9.59 Å². The standard InChI is InChI=1S/C15H18N4O3/c1-9-7-13-16-8-12(10(2)19(13)17-9)14(20)18-5-3-11(4-6-18)15(21)22/h7-8,11H,3-6H2,1-2H3,(H,21,22). The fourth-order valence-electron chi connectivity index (χ4n) is 2.87. The fraction of sp³-hybridized carbons (Fsp3) is 0.467. The number of nitrogens with zero attached hydrogens (tertiary/aromatic N) is 4. The zero-order valence-electron chi connectivity index (χ0n) is 12.6. The number of hydrogen-bond acceptors (Lipinski definition) is 4. The van der Waals surface area contributed by atoms with Crippen molar-refractivity contribution in [1.29, 1.82) is 0 Å². The molecule has 1 amide bonds. The van der Waals surface area contributed by atoms with Gasteiger partial charge in [-0.2, -0.15) is 5.10 Å². The maximum atomic E-state index is 12.6. The molecular weight excluding hydrogens is 284 g/mol. The average Bonchev–Trinajstić information content (AvgIpc) is 2.88. The third-order valence-electron chi connectivity index (χ3n) is 4.21. The van der Waals surface area contributed by atoms with E-state index < -0.39 is 5.97 Å². The van der Waals surface area contributed by atoms with Crippen molar-refractivity contribution in [3.8, 4) is 0 Å². The second-order valence-corrected chi connectivity index (χ2v) is 5.72. The minimum absolute atomic E-state index is 0.108. The van der Waals surface area contributed by atoms with Gasteiger partial charge in [0.25, 0.3) is 5.91 Å². The Labute approximate surface area is 127 Å². The van der Waals surface area contributed by atoms with Gasteiger partial charge in [-0.1, -0.05) is 0 Å². The second-order valence-electron chi connectivity index (χ2n) is 5.72. The highest BCUT2D eigenvalue weighted by Crippen LogP contribution is 2.20. The van der Waals surface area contributed by atoms with Crippen molar-refractivity contribution in [3.05, 3.63) is 29.2 Å². The zero-order valence-corrected chi connectivity index (χ0v) is 12.6. The van der Waals surface area contributed by atoms with Crippen LogP contribution in [0, 0.1) is 19.8 Å². The van der Waals surface area contributed by atoms with Gasteiger partial charge >= 0.3 is 5.97 Å². The van der Waals surface area contributed by atoms with Crippen molar-refractivity contribution in [1.82, 2.24) is 19.5 Å². The molecule has 0 atom stereocenters. The first-order chi connectivity index (χ1) is 10.5. The highest BCUT2D eigenvalue weighted by molar-refractivity contribution is 5.95. The lowest BCUT2D eigenvalue weighted by Crippen LogP contribution is -2.40. The molecule has 0 radical (unpaired) electrons. The number of carbonyl (C=O) groups is 2. The number of fused-ring (bicyclic) bond motifs is 1. The number of carboxylic acids is 1. The first-order valence-electron chi connectivity index (χ1n) is 7.31. The Hall–Kier alpha value is -2.44. The molecule has 3 rings (SSSR count). The molecule has 3 heterocycles. The van der Waals surface area contributed by atoms with E-state index in [4.69, 9.17) is 5.11 Å². The minimum Gasteiger partial charge on any atom is -0.481 e. The third-order valence-corrected chi connectivity index (χ3v) is 4.21. The number of aliphatic carboxylic acids is 1. The normalized spacial score (nSPS) is 16.2. The highest BCUT2D eigenvalue weighted by Gasteiger charge is 2.28. The number of aromatic nitrogens is 3. The molecule has 116 valence electrons. The minimum atomic E-state index is -0.779. The van der Waals surface area contributed by atoms with E-state index in [2.05, 4.69) is 10.1 Å². The van der Waals surface area contributed by atoms with E-state index in [1.165, 1.54) is 0 Å². The van der Waals surface area contributed by atoms with E-state index >= 15 is 0 Å². The SMILES string of the molecule is Cc1cc2ncc(C(=O)N3CCC(C(=O)O)CC3)c(C)n2n1. The zero-order chi connectivity index (χ0) is 15.9. The molecule has 7 nitrogen and oxygen atoms in total. The van der Waals surface area contributed by atoms with E-state index in [1.807, 2.05) is 19.9 Å². The average molecular weight is 302 g/mol. The van der Waals surface area contributed by atoms with Gasteiger partial charge in [-0.05, 0) is 26.7 Å². The highest BCUT2D eigenvalue weighted by atomic mass is 16.4. The maximum Gasteiger partial charge on any atom is 0.306 e. The molecule has 1 N–H and O–H groups in total. The Morgan fingerprint density at radius 1 is 1.27 bits per heavy atom. The monoisotopic (exact) mass is 302 g/mol. The molecule has 1 fully saturated rings. The van der Waals surface area contributed by atoms with Gasteiger partial charge < -0.3 is 10.0 Å². The van der Waals surface area contributed by atoms with Crippen LogP contribution in [-0.2, 0) is 4.79 Å². The molecule has 0 aromatic carbocycles. The van der Waals surface area contributed by atoms with Crippen LogP contribution >= 0.6 is 0 Å². The first-order valence-corrected chi connectivity index (χ1v) is 7.31. The van der Waals surface area contributed by atoms with E-state index in [0.717, 1.165) is 17.0 Å². The first kappa shape index (κ1) is 14.5. The lowest BCUT2D eigenvalue weighted by molar-refractivity contribution is -0.143. The van der Waals surface area contributed by atoms with Crippen molar-refractivity contribution >= 4 is 17.5 Å². The third kappa shape index (κ3) is 2.43. The molecule has 7 heteroatoms. The van der Waals surface area contributed by atoms with Gasteiger partial charge in [-0.15, -0.1) is 0 Å². The Morgan fingerprint density at radius 3 is 2.59 bits per heavy atom. The molecule has 1 aliphatic heterocycles. The molecule has 1 aliphatic rings. The summed E-state index contributed by atoms with van der Waals surface area (Å²) < 4.78 is 1.67. The van der Waals surface area contributed by atoms with Crippen molar-refractivity contribution in [2.24, 2.45) is 5.92 Å². The summed E-state index contributed by atoms with van der Waals surface area (Å²) >= 11 is 0. The largest absolute Gasteiger partial charge is 0.481 e. The molecular formula is C15H18N4O3. The molecule has 0 bridgehead atoms. The van der Waals surface area contributed by atoms with Gasteiger partial charge in [-0.3, -0.25) is 9.59 Å². The van der Waals surface area contributed by atoms with Gasteiger partial charge in [0.05, 0.1) is 22.9 Å². The predicted octanol–water partition coefficient (Wildman–Crippen LogP) is 1.28. The van der Waals surface area contributed by atoms with Crippen LogP contribution in [-0.4, -0.2) is 49.6 Å². The molecule has 0 spiro atoms. The van der Waals surface area contributed by atoms with Crippen LogP contribution in [0.15, 0.2) is 12.3 Å². The smallest absolute Gasteiger partial charge is 0.306 e. The summed E-state index contributed by atoms with van der Waals surface area (Å²) in [4.78, 5) is 29.6. The predicted molar refractivity (Wildman–Crippen MR) is 78.7 cm³/mol. The Kier molecular flexibility index (Phi) is 3.56. The number of hydrogen-bond donors (Lipinski definition) is 1. The number of amides is 1. The number of carbonyl (C=O) groups excluding carboxylic acids is 1. The van der Waals surface area contributed by atoms with Gasteiger partial charge in [0.15, 0.2) is 5.65 Å². The summed E-state index contributed by atoms with van der Waals surface area (Å²) in [6.45, 7) is 4.65. The molecule has 2 aromatic rings. The van der Waals surface area contributed by atoms with Gasteiger partial charge in [0.2, 0.25) is 0 Å². The molecule has 0 saturated carbocycles. The van der Waals surface area contributed by atoms with Gasteiger partial charge in [0, 0.05) is 25.4 Å². The lowest BCUT2D eigenvalue weighted by Gasteiger charge is -2.30. The van der Waals surface area contributed by atoms with Crippen molar-refractivity contribution < 1.29 is 14.7 Å². The maximum absolute atomic E-state index is 12.6. The number of carboxylic acid groups (broad SMARTS) is 1. The van der Waals surface area contributed by atoms with Crippen LogP contribution in [0.3, 0.4) is 0 Å². The summed E-state index contributed by atoms with van der Waals surface area (Å²) in [7, 11) is 0. The summed E-state index contributed by atoms with van der Waals surface area (Å²) in [5, 5.41) is 13.4. The quantitative estimate of drug-likeness (QED) is 0.903. The second kappa shape index (κ2) is 5.40. The van der Waals surface area contributed by atoms with Gasteiger partial charge in [-0.25, -0.2) is 9.50 Å². The van der Waals surface area contributed by atoms with Gasteiger partial charge in [0.1, 0.15) is 0 Å². The Morgan fingerprint density at radius 2 is 1.95 bits per heavy atom. The summed E-state index contributed by atoms with van der Waals surface area (Å²) in [5.74, 6) is -1.23. The molecule has 22 heavy (non-hydrogen) atoms. The van der Waals surface area contributed by atoms with Crippen molar-refractivity contribution in [3.63, 3.8) is 0 Å². The van der Waals surface area contributed by atoms with Crippen molar-refractivity contribution in [2.45, 2.75) is 26.7 Å². The topological polar surface area (TPSA) is 87.8 Å². The molecule has 2 aromatic heterocycles. The summed E-state index contributed by atoms with van der Waals surface area (Å²) in [5.41, 5.74) is 2.84. The van der Waals surface area contributed by atoms with Crippen LogP contribution in [0.25, 0.3) is 5.65 Å². The van der Waals surface area contributed by atoms with E-state index in [-0.39, 0.29) is 11.8 Å². The van der Waals surface area contributed by atoms with Crippen LogP contribution < -0.4 is 0 Å². The number of likely N-dealkylation sites (tertiary alicyclic amines) is 1. The summed E-state index contributed by atoms with van der Waals surface area (Å²) in [6, 6.07) is 1.86. The number of piperidine rings is 1. The summed E-state index contributed by atoms with van der Waals surface area (Å²) in [6.07, 6.45) is 2.57. The molecule has 0 aliphatic carbocycles. The molecule has 1 saturated heterocycles. The number of rotatable bonds is 2. The van der Waals surface area contributed by atoms with Crippen LogP contribution in [0.4, 0.5) is 0 Å². The van der Waals surface area contributed by atoms with Crippen LogP contribution in [0.5, 0.6) is 0 Å². The van der Waals surface area contributed by atoms with Crippen LogP contribution in [0.2, 0.25) is 0 Å². The van der Waals surface area contributed by atoms with Crippen molar-refractivity contribution in [2.75, 3.05) is 13.1 Å². The Bertz CT molecular complexity index is 745. The lowest BCUT2D eigenvalue weighted by atomic mass is 9.96. The fourth-order valence-corrected chi connectivity index (χ4v) is 2.87.